The molecule has 0 bridgehead atoms. The third-order valence-corrected chi connectivity index (χ3v) is 4.23. The van der Waals surface area contributed by atoms with Gasteiger partial charge in [0.2, 0.25) is 5.91 Å². The summed E-state index contributed by atoms with van der Waals surface area (Å²) >= 11 is 1.56. The van der Waals surface area contributed by atoms with E-state index in [1.54, 1.807) is 22.6 Å². The Morgan fingerprint density at radius 3 is 2.85 bits per heavy atom. The lowest BCUT2D eigenvalue weighted by Crippen LogP contribution is -2.28. The second-order valence-electron chi connectivity index (χ2n) is 4.79. The van der Waals surface area contributed by atoms with Gasteiger partial charge in [-0.25, -0.2) is 0 Å². The highest BCUT2D eigenvalue weighted by Gasteiger charge is 2.11. The van der Waals surface area contributed by atoms with Crippen LogP contribution in [0.2, 0.25) is 0 Å². The van der Waals surface area contributed by atoms with Gasteiger partial charge in [0.15, 0.2) is 0 Å². The molecule has 20 heavy (non-hydrogen) atoms. The van der Waals surface area contributed by atoms with E-state index in [-0.39, 0.29) is 11.9 Å². The number of thioether (sulfide) groups is 1. The highest BCUT2D eigenvalue weighted by atomic mass is 32.2. The molecule has 1 aromatic carbocycles. The second-order valence-corrected chi connectivity index (χ2v) is 5.81. The summed E-state index contributed by atoms with van der Waals surface area (Å²) in [5.74, 6) is 0.463. The standard InChI is InChI=1S/C15H19N3OS/c1-11-6-4-5-7-14(11)20-10-15(19)17-12(2)13-8-16-18(3)9-13/h4-9,12H,10H2,1-3H3,(H,17,19)/t12-/m1/s1. The summed E-state index contributed by atoms with van der Waals surface area (Å²) < 4.78 is 1.74. The van der Waals surface area contributed by atoms with Crippen LogP contribution in [-0.4, -0.2) is 21.4 Å². The largest absolute Gasteiger partial charge is 0.349 e. The average Bonchev–Trinajstić information content (AvgIpc) is 2.84. The number of nitrogens with one attached hydrogen (secondary N) is 1. The van der Waals surface area contributed by atoms with Crippen LogP contribution in [0, 0.1) is 6.92 Å². The maximum atomic E-state index is 12.0. The molecule has 0 spiro atoms. The minimum Gasteiger partial charge on any atom is -0.349 e. The van der Waals surface area contributed by atoms with Crippen molar-refractivity contribution in [3.8, 4) is 0 Å². The van der Waals surface area contributed by atoms with Crippen molar-refractivity contribution in [2.75, 3.05) is 5.75 Å². The molecule has 0 saturated heterocycles. The van der Waals surface area contributed by atoms with Gasteiger partial charge in [-0.05, 0) is 25.5 Å². The van der Waals surface area contributed by atoms with Crippen molar-refractivity contribution in [3.05, 3.63) is 47.8 Å². The molecule has 1 heterocycles. The maximum absolute atomic E-state index is 12.0. The molecular weight excluding hydrogens is 270 g/mol. The van der Waals surface area contributed by atoms with Crippen LogP contribution in [0.4, 0.5) is 0 Å². The van der Waals surface area contributed by atoms with E-state index in [0.717, 1.165) is 10.5 Å². The zero-order valence-electron chi connectivity index (χ0n) is 12.0. The number of carbonyl (C=O) groups is 1. The molecule has 0 aliphatic heterocycles. The summed E-state index contributed by atoms with van der Waals surface area (Å²) in [7, 11) is 1.87. The van der Waals surface area contributed by atoms with Crippen LogP contribution in [0.25, 0.3) is 0 Å². The first-order chi connectivity index (χ1) is 9.56. The summed E-state index contributed by atoms with van der Waals surface area (Å²) in [4.78, 5) is 13.1. The Bertz CT molecular complexity index is 594. The van der Waals surface area contributed by atoms with Crippen molar-refractivity contribution in [3.63, 3.8) is 0 Å². The zero-order chi connectivity index (χ0) is 14.5. The number of nitrogens with zero attached hydrogens (tertiary/aromatic N) is 2. The number of rotatable bonds is 5. The van der Waals surface area contributed by atoms with Crippen LogP contribution < -0.4 is 5.32 Å². The third-order valence-electron chi connectivity index (χ3n) is 3.05. The summed E-state index contributed by atoms with van der Waals surface area (Å²) in [6.45, 7) is 4.02. The average molecular weight is 289 g/mol. The zero-order valence-corrected chi connectivity index (χ0v) is 12.8. The number of carbonyl (C=O) groups excluding carboxylic acids is 1. The lowest BCUT2D eigenvalue weighted by molar-refractivity contribution is -0.119. The van der Waals surface area contributed by atoms with Gasteiger partial charge in [0.05, 0.1) is 18.0 Å². The van der Waals surface area contributed by atoms with Crippen molar-refractivity contribution in [2.24, 2.45) is 7.05 Å². The molecular formula is C15H19N3OS. The summed E-state index contributed by atoms with van der Waals surface area (Å²) in [6, 6.07) is 8.07. The Balaban J connectivity index is 1.85. The summed E-state index contributed by atoms with van der Waals surface area (Å²) in [5, 5.41) is 7.10. The van der Waals surface area contributed by atoms with Crippen molar-refractivity contribution in [1.29, 1.82) is 0 Å². The molecule has 1 atom stereocenters. The number of hydrogen-bond acceptors (Lipinski definition) is 3. The van der Waals surface area contributed by atoms with Gasteiger partial charge < -0.3 is 5.32 Å². The number of aryl methyl sites for hydroxylation is 2. The van der Waals surface area contributed by atoms with Crippen molar-refractivity contribution in [2.45, 2.75) is 24.8 Å². The van der Waals surface area contributed by atoms with Gasteiger partial charge in [-0.15, -0.1) is 11.8 Å². The lowest BCUT2D eigenvalue weighted by Gasteiger charge is -2.12. The van der Waals surface area contributed by atoms with Crippen molar-refractivity contribution >= 4 is 17.7 Å². The van der Waals surface area contributed by atoms with Crippen LogP contribution in [-0.2, 0) is 11.8 Å². The number of benzene rings is 1. The van der Waals surface area contributed by atoms with Gasteiger partial charge in [0.25, 0.3) is 0 Å². The van der Waals surface area contributed by atoms with E-state index >= 15 is 0 Å². The number of hydrogen-bond donors (Lipinski definition) is 1. The highest BCUT2D eigenvalue weighted by molar-refractivity contribution is 8.00. The molecule has 106 valence electrons. The maximum Gasteiger partial charge on any atom is 0.230 e. The van der Waals surface area contributed by atoms with Gasteiger partial charge in [-0.3, -0.25) is 9.48 Å². The molecule has 1 amide bonds. The van der Waals surface area contributed by atoms with E-state index < -0.39 is 0 Å². The van der Waals surface area contributed by atoms with E-state index in [4.69, 9.17) is 0 Å². The normalized spacial score (nSPS) is 12.2. The smallest absolute Gasteiger partial charge is 0.230 e. The summed E-state index contributed by atoms with van der Waals surface area (Å²) in [6.07, 6.45) is 3.69. The van der Waals surface area contributed by atoms with Crippen molar-refractivity contribution < 1.29 is 4.79 Å². The van der Waals surface area contributed by atoms with Crippen LogP contribution >= 0.6 is 11.8 Å². The molecule has 0 saturated carbocycles. The second kappa shape index (κ2) is 6.61. The minimum absolute atomic E-state index is 0.0197. The molecule has 1 N–H and O–H groups in total. The van der Waals surface area contributed by atoms with Crippen molar-refractivity contribution in [1.82, 2.24) is 15.1 Å². The molecule has 1 aromatic heterocycles. The first kappa shape index (κ1) is 14.7. The molecule has 0 radical (unpaired) electrons. The first-order valence-electron chi connectivity index (χ1n) is 6.52. The summed E-state index contributed by atoms with van der Waals surface area (Å²) in [5.41, 5.74) is 2.22. The SMILES string of the molecule is Cc1ccccc1SCC(=O)N[C@H](C)c1cnn(C)c1. The molecule has 0 aliphatic rings. The Hall–Kier alpha value is -1.75. The lowest BCUT2D eigenvalue weighted by atomic mass is 10.2. The van der Waals surface area contributed by atoms with Gasteiger partial charge in [-0.1, -0.05) is 18.2 Å². The number of amides is 1. The topological polar surface area (TPSA) is 46.9 Å². The van der Waals surface area contributed by atoms with Gasteiger partial charge in [0.1, 0.15) is 0 Å². The molecule has 0 unspecified atom stereocenters. The third kappa shape index (κ3) is 3.87. The van der Waals surface area contributed by atoms with Crippen LogP contribution in [0.15, 0.2) is 41.6 Å². The molecule has 4 nitrogen and oxygen atoms in total. The van der Waals surface area contributed by atoms with Gasteiger partial charge in [-0.2, -0.15) is 5.10 Å². The quantitative estimate of drug-likeness (QED) is 0.861. The fraction of sp³-hybridized carbons (Fsp3) is 0.333. The number of aromatic nitrogens is 2. The van der Waals surface area contributed by atoms with Gasteiger partial charge >= 0.3 is 0 Å². The first-order valence-corrected chi connectivity index (χ1v) is 7.51. The molecule has 5 heteroatoms. The highest BCUT2D eigenvalue weighted by Crippen LogP contribution is 2.21. The molecule has 0 aliphatic carbocycles. The fourth-order valence-electron chi connectivity index (χ4n) is 1.89. The Kier molecular flexibility index (Phi) is 4.84. The van der Waals surface area contributed by atoms with E-state index in [2.05, 4.69) is 23.4 Å². The van der Waals surface area contributed by atoms with Crippen LogP contribution in [0.5, 0.6) is 0 Å². The predicted molar refractivity (Wildman–Crippen MR) is 81.7 cm³/mol. The molecule has 2 rings (SSSR count). The molecule has 0 fully saturated rings. The Labute approximate surface area is 123 Å². The van der Waals surface area contributed by atoms with E-state index in [1.807, 2.05) is 38.4 Å². The van der Waals surface area contributed by atoms with Crippen LogP contribution in [0.1, 0.15) is 24.1 Å². The van der Waals surface area contributed by atoms with E-state index in [1.165, 1.54) is 5.56 Å². The van der Waals surface area contributed by atoms with E-state index in [9.17, 15) is 4.79 Å². The predicted octanol–water partition coefficient (Wildman–Crippen LogP) is 2.70. The Morgan fingerprint density at radius 2 is 2.20 bits per heavy atom. The minimum atomic E-state index is -0.0197. The molecule has 2 aromatic rings. The van der Waals surface area contributed by atoms with Crippen LogP contribution in [0.3, 0.4) is 0 Å². The van der Waals surface area contributed by atoms with E-state index in [0.29, 0.717) is 5.75 Å². The monoisotopic (exact) mass is 289 g/mol. The van der Waals surface area contributed by atoms with Gasteiger partial charge in [0, 0.05) is 23.7 Å². The Morgan fingerprint density at radius 1 is 1.45 bits per heavy atom. The fourth-order valence-corrected chi connectivity index (χ4v) is 2.73.